The lowest BCUT2D eigenvalue weighted by molar-refractivity contribution is 1.06. The number of aromatic nitrogens is 2. The minimum absolute atomic E-state index is 1.03. The first kappa shape index (κ1) is 17.0. The van der Waals surface area contributed by atoms with Crippen molar-refractivity contribution in [3.63, 3.8) is 0 Å². The van der Waals surface area contributed by atoms with Crippen LogP contribution in [0.25, 0.3) is 38.3 Å². The van der Waals surface area contributed by atoms with E-state index in [2.05, 4.69) is 91.2 Å². The van der Waals surface area contributed by atoms with Crippen LogP contribution < -0.4 is 0 Å². The fraction of sp³-hybridized carbons (Fsp3) is 0.0800. The van der Waals surface area contributed by atoms with Crippen LogP contribution in [0.15, 0.2) is 85.2 Å². The number of para-hydroxylation sites is 1. The number of benzene rings is 3. The van der Waals surface area contributed by atoms with Crippen LogP contribution in [0.4, 0.5) is 0 Å². The van der Waals surface area contributed by atoms with Gasteiger partial charge in [-0.25, -0.2) is 4.98 Å². The third-order valence-electron chi connectivity index (χ3n) is 5.05. The molecule has 0 aliphatic carbocycles. The van der Waals surface area contributed by atoms with Crippen LogP contribution in [0.1, 0.15) is 10.4 Å². The molecule has 3 aromatic carbocycles. The van der Waals surface area contributed by atoms with Crippen molar-refractivity contribution in [2.24, 2.45) is 0 Å². The Hall–Kier alpha value is -3.17. The van der Waals surface area contributed by atoms with Gasteiger partial charge in [0.2, 0.25) is 0 Å². The zero-order chi connectivity index (χ0) is 19.1. The maximum atomic E-state index is 4.89. The Morgan fingerprint density at radius 1 is 0.821 bits per heavy atom. The van der Waals surface area contributed by atoms with Crippen molar-refractivity contribution in [3.05, 3.63) is 95.6 Å². The van der Waals surface area contributed by atoms with Gasteiger partial charge in [0, 0.05) is 26.4 Å². The molecule has 0 N–H and O–H groups in total. The Balaban J connectivity index is 1.81. The Kier molecular flexibility index (Phi) is 4.10. The fourth-order valence-corrected chi connectivity index (χ4v) is 4.72. The third kappa shape index (κ3) is 2.85. The normalized spacial score (nSPS) is 11.2. The monoisotopic (exact) mass is 380 g/mol. The Morgan fingerprint density at radius 3 is 2.39 bits per heavy atom. The smallest absolute Gasteiger partial charge is 0.100 e. The second-order valence-corrected chi connectivity index (χ2v) is 8.35. The van der Waals surface area contributed by atoms with E-state index in [4.69, 9.17) is 4.98 Å². The Bertz CT molecular complexity index is 1260. The van der Waals surface area contributed by atoms with E-state index in [9.17, 15) is 0 Å². The Labute approximate surface area is 168 Å². The second-order valence-electron chi connectivity index (χ2n) is 7.09. The molecule has 3 heteroatoms. The minimum atomic E-state index is 1.03. The largest absolute Gasteiger partial charge is 0.298 e. The first-order valence-electron chi connectivity index (χ1n) is 9.40. The van der Waals surface area contributed by atoms with Crippen molar-refractivity contribution in [1.82, 2.24) is 9.55 Å². The van der Waals surface area contributed by atoms with Gasteiger partial charge >= 0.3 is 0 Å². The zero-order valence-electron chi connectivity index (χ0n) is 15.9. The van der Waals surface area contributed by atoms with Crippen molar-refractivity contribution in [2.45, 2.75) is 13.8 Å². The quantitative estimate of drug-likeness (QED) is 0.328. The molecule has 0 atom stereocenters. The topological polar surface area (TPSA) is 17.8 Å². The van der Waals surface area contributed by atoms with Crippen molar-refractivity contribution in [3.8, 4) is 28.2 Å². The molecule has 0 aliphatic heterocycles. The summed E-state index contributed by atoms with van der Waals surface area (Å²) in [5, 5.41) is 1.28. The van der Waals surface area contributed by atoms with Crippen molar-refractivity contribution in [2.75, 3.05) is 0 Å². The summed E-state index contributed by atoms with van der Waals surface area (Å²) in [7, 11) is 0. The highest BCUT2D eigenvalue weighted by Crippen LogP contribution is 2.39. The highest BCUT2D eigenvalue weighted by atomic mass is 32.1. The van der Waals surface area contributed by atoms with Crippen LogP contribution in [-0.2, 0) is 0 Å². The first-order chi connectivity index (χ1) is 13.7. The van der Waals surface area contributed by atoms with Gasteiger partial charge < -0.3 is 0 Å². The average molecular weight is 381 g/mol. The number of fused-ring (bicyclic) bond motifs is 1. The lowest BCUT2D eigenvalue weighted by atomic mass is 10.0. The molecule has 28 heavy (non-hydrogen) atoms. The van der Waals surface area contributed by atoms with E-state index in [-0.39, 0.29) is 0 Å². The van der Waals surface area contributed by atoms with E-state index >= 15 is 0 Å². The van der Waals surface area contributed by atoms with Crippen LogP contribution in [0.3, 0.4) is 0 Å². The van der Waals surface area contributed by atoms with E-state index in [1.165, 1.54) is 31.7 Å². The molecule has 2 aromatic heterocycles. The highest BCUT2D eigenvalue weighted by molar-refractivity contribution is 7.19. The van der Waals surface area contributed by atoms with Crippen LogP contribution in [0.2, 0.25) is 0 Å². The second kappa shape index (κ2) is 6.77. The molecule has 2 nitrogen and oxygen atoms in total. The highest BCUT2D eigenvalue weighted by Gasteiger charge is 2.18. The summed E-state index contributed by atoms with van der Waals surface area (Å²) < 4.78 is 3.49. The molecule has 136 valence electrons. The van der Waals surface area contributed by atoms with Crippen LogP contribution >= 0.6 is 11.3 Å². The van der Waals surface area contributed by atoms with Gasteiger partial charge in [-0.1, -0.05) is 66.2 Å². The summed E-state index contributed by atoms with van der Waals surface area (Å²) in [6.07, 6.45) is 1.94. The van der Waals surface area contributed by atoms with Gasteiger partial charge in [-0.3, -0.25) is 4.57 Å². The lowest BCUT2D eigenvalue weighted by Crippen LogP contribution is -1.96. The number of imidazole rings is 1. The van der Waals surface area contributed by atoms with E-state index in [0.29, 0.717) is 0 Å². The van der Waals surface area contributed by atoms with Gasteiger partial charge in [-0.15, -0.1) is 11.3 Å². The lowest BCUT2D eigenvalue weighted by Gasteiger charge is -2.11. The van der Waals surface area contributed by atoms with Crippen molar-refractivity contribution >= 4 is 21.4 Å². The summed E-state index contributed by atoms with van der Waals surface area (Å²) >= 11 is 1.84. The number of rotatable bonds is 3. The molecule has 0 saturated carbocycles. The number of hydrogen-bond donors (Lipinski definition) is 0. The number of aryl methyl sites for hydroxylation is 2. The summed E-state index contributed by atoms with van der Waals surface area (Å²) in [6.45, 7) is 4.28. The standard InChI is InChI=1S/C25H20N2S/c1-17-11-13-19(14-12-17)24-23(26-16-27(24)21-8-4-3-5-9-21)22-10-6-7-20-15-18(2)28-25(20)22/h3-16H,1-2H3. The maximum Gasteiger partial charge on any atom is 0.100 e. The predicted molar refractivity (Wildman–Crippen MR) is 119 cm³/mol. The molecule has 0 saturated heterocycles. The van der Waals surface area contributed by atoms with Crippen molar-refractivity contribution in [1.29, 1.82) is 0 Å². The molecule has 0 spiro atoms. The van der Waals surface area contributed by atoms with Crippen LogP contribution in [0.5, 0.6) is 0 Å². The van der Waals surface area contributed by atoms with Gasteiger partial charge in [-0.2, -0.15) is 0 Å². The number of hydrogen-bond acceptors (Lipinski definition) is 2. The van der Waals surface area contributed by atoms with Gasteiger partial charge in [0.05, 0.1) is 11.4 Å². The molecule has 2 heterocycles. The van der Waals surface area contributed by atoms with E-state index in [1.54, 1.807) is 0 Å². The van der Waals surface area contributed by atoms with Gasteiger partial charge in [-0.05, 0) is 37.4 Å². The van der Waals surface area contributed by atoms with E-state index in [1.807, 2.05) is 23.7 Å². The fourth-order valence-electron chi connectivity index (χ4n) is 3.70. The molecular weight excluding hydrogens is 360 g/mol. The van der Waals surface area contributed by atoms with E-state index < -0.39 is 0 Å². The summed E-state index contributed by atoms with van der Waals surface area (Å²) in [5.74, 6) is 0. The maximum absolute atomic E-state index is 4.89. The molecule has 5 rings (SSSR count). The first-order valence-corrected chi connectivity index (χ1v) is 10.2. The Morgan fingerprint density at radius 2 is 1.61 bits per heavy atom. The average Bonchev–Trinajstić information content (AvgIpc) is 3.32. The van der Waals surface area contributed by atoms with Crippen molar-refractivity contribution < 1.29 is 0 Å². The van der Waals surface area contributed by atoms with Crippen LogP contribution in [-0.4, -0.2) is 9.55 Å². The zero-order valence-corrected chi connectivity index (χ0v) is 16.7. The molecule has 0 radical (unpaired) electrons. The van der Waals surface area contributed by atoms with E-state index in [0.717, 1.165) is 17.1 Å². The minimum Gasteiger partial charge on any atom is -0.298 e. The molecule has 0 unspecified atom stereocenters. The SMILES string of the molecule is Cc1ccc(-c2c(-c3cccc4cc(C)sc34)ncn2-c2ccccc2)cc1. The summed E-state index contributed by atoms with van der Waals surface area (Å²) in [4.78, 5) is 6.21. The van der Waals surface area contributed by atoms with Gasteiger partial charge in [0.1, 0.15) is 6.33 Å². The number of thiophene rings is 1. The summed E-state index contributed by atoms with van der Waals surface area (Å²) in [5.41, 5.74) is 6.90. The number of nitrogens with zero attached hydrogens (tertiary/aromatic N) is 2. The predicted octanol–water partition coefficient (Wildman–Crippen LogP) is 7.04. The molecule has 5 aromatic rings. The van der Waals surface area contributed by atoms with Gasteiger partial charge in [0.25, 0.3) is 0 Å². The molecule has 0 amide bonds. The molecular formula is C25H20N2S. The van der Waals surface area contributed by atoms with Crippen LogP contribution in [0, 0.1) is 13.8 Å². The summed E-state index contributed by atoms with van der Waals surface area (Å²) in [6, 6.07) is 27.9. The molecule has 0 aliphatic rings. The molecule has 0 fully saturated rings. The third-order valence-corrected chi connectivity index (χ3v) is 6.15. The molecule has 0 bridgehead atoms. The van der Waals surface area contributed by atoms with Gasteiger partial charge in [0.15, 0.2) is 0 Å².